The van der Waals surface area contributed by atoms with Crippen LogP contribution in [0.2, 0.25) is 5.02 Å². The van der Waals surface area contributed by atoms with Crippen molar-refractivity contribution >= 4 is 22.7 Å². The molecule has 2 aliphatic carbocycles. The smallest absolute Gasteiger partial charge is 0.147 e. The van der Waals surface area contributed by atoms with Crippen molar-refractivity contribution in [2.75, 3.05) is 0 Å². The number of benzene rings is 4. The number of rotatable bonds is 0. The fraction of sp³-hybridized carbons (Fsp3) is 0. The Hall–Kier alpha value is -2.43. The van der Waals surface area contributed by atoms with Gasteiger partial charge in [0.2, 0.25) is 0 Å². The van der Waals surface area contributed by atoms with Crippen LogP contribution in [-0.4, -0.2) is 0 Å². The van der Waals surface area contributed by atoms with E-state index in [1.807, 2.05) is 30.3 Å². The SMILES string of the molecule is Clc1cccc2c1/C(=C1/c3[c-]cccc3-c3ccccc31)c1[c-]cccc1-2.[Pd+2]. The van der Waals surface area contributed by atoms with E-state index in [2.05, 4.69) is 60.7 Å². The van der Waals surface area contributed by atoms with Crippen LogP contribution in [0.1, 0.15) is 22.3 Å². The first-order valence-electron chi connectivity index (χ1n) is 9.00. The number of halogens is 1. The van der Waals surface area contributed by atoms with Crippen molar-refractivity contribution in [3.8, 4) is 22.3 Å². The summed E-state index contributed by atoms with van der Waals surface area (Å²) in [5, 5.41) is 0.779. The Kier molecular flexibility index (Phi) is 4.15. The first-order chi connectivity index (χ1) is 13.3. The summed E-state index contributed by atoms with van der Waals surface area (Å²) in [4.78, 5) is 0. The largest absolute Gasteiger partial charge is 2.00 e. The molecule has 0 heterocycles. The quantitative estimate of drug-likeness (QED) is 0.168. The molecule has 0 atom stereocenters. The molecule has 2 heteroatoms. The predicted molar refractivity (Wildman–Crippen MR) is 111 cm³/mol. The van der Waals surface area contributed by atoms with Gasteiger partial charge >= 0.3 is 20.4 Å². The van der Waals surface area contributed by atoms with Gasteiger partial charge in [-0.25, -0.2) is 0 Å². The molecule has 0 spiro atoms. The van der Waals surface area contributed by atoms with Gasteiger partial charge < -0.3 is 0 Å². The Morgan fingerprint density at radius 2 is 1.11 bits per heavy atom. The summed E-state index contributed by atoms with van der Waals surface area (Å²) in [6.45, 7) is 0. The van der Waals surface area contributed by atoms with E-state index in [9.17, 15) is 0 Å². The molecule has 0 aromatic heterocycles. The molecule has 0 nitrogen and oxygen atoms in total. The average Bonchev–Trinajstić information content (AvgIpc) is 3.22. The predicted octanol–water partition coefficient (Wildman–Crippen LogP) is 6.91. The van der Waals surface area contributed by atoms with Gasteiger partial charge in [-0.3, -0.25) is 0 Å². The van der Waals surface area contributed by atoms with E-state index in [0.29, 0.717) is 0 Å². The maximum absolute atomic E-state index is 6.73. The first kappa shape index (κ1) is 17.7. The maximum Gasteiger partial charge on any atom is 2.00 e. The topological polar surface area (TPSA) is 0 Å². The summed E-state index contributed by atoms with van der Waals surface area (Å²) >= 11 is 6.73. The Bertz CT molecular complexity index is 1240. The van der Waals surface area contributed by atoms with Gasteiger partial charge in [-0.15, -0.1) is 81.9 Å². The third kappa shape index (κ3) is 2.28. The van der Waals surface area contributed by atoms with Crippen molar-refractivity contribution in [2.24, 2.45) is 0 Å². The minimum Gasteiger partial charge on any atom is -0.147 e. The van der Waals surface area contributed by atoms with Crippen molar-refractivity contribution in [1.82, 2.24) is 0 Å². The van der Waals surface area contributed by atoms with Crippen molar-refractivity contribution in [3.05, 3.63) is 118 Å². The molecule has 0 saturated carbocycles. The van der Waals surface area contributed by atoms with Gasteiger partial charge in [0.25, 0.3) is 0 Å². The van der Waals surface area contributed by atoms with Gasteiger partial charge in [0.05, 0.1) is 0 Å². The zero-order valence-electron chi connectivity index (χ0n) is 14.7. The molecule has 0 bridgehead atoms. The third-order valence-electron chi connectivity index (χ3n) is 5.50. The van der Waals surface area contributed by atoms with Crippen LogP contribution >= 0.6 is 11.6 Å². The summed E-state index contributed by atoms with van der Waals surface area (Å²) in [7, 11) is 0. The van der Waals surface area contributed by atoms with E-state index >= 15 is 0 Å². The van der Waals surface area contributed by atoms with Gasteiger partial charge in [0.1, 0.15) is 0 Å². The number of hydrogen-bond acceptors (Lipinski definition) is 0. The standard InChI is InChI=1S/C26H13Cl.Pd/c27-23-15-7-14-21-18-10-3-6-13-22(18)26(25(21)23)24-19-11-4-1-8-16(19)17-9-2-5-12-20(17)24;/h1-11,14-15H;/q-2;+2/b26-24+;. The molecule has 0 radical (unpaired) electrons. The summed E-state index contributed by atoms with van der Waals surface area (Å²) in [6, 6.07) is 34.1. The zero-order chi connectivity index (χ0) is 18.0. The molecule has 0 amide bonds. The van der Waals surface area contributed by atoms with Crippen LogP contribution in [0.15, 0.2) is 78.9 Å². The molecule has 0 unspecified atom stereocenters. The van der Waals surface area contributed by atoms with Crippen LogP contribution in [0.3, 0.4) is 0 Å². The molecule has 134 valence electrons. The van der Waals surface area contributed by atoms with Crippen LogP contribution in [0.25, 0.3) is 33.4 Å². The van der Waals surface area contributed by atoms with Gasteiger partial charge in [-0.1, -0.05) is 70.3 Å². The number of fused-ring (bicyclic) bond motifs is 6. The fourth-order valence-electron chi connectivity index (χ4n) is 4.44. The van der Waals surface area contributed by atoms with E-state index in [4.69, 9.17) is 11.6 Å². The van der Waals surface area contributed by atoms with Crippen LogP contribution in [-0.2, 0) is 20.4 Å². The molecule has 2 aliphatic rings. The summed E-state index contributed by atoms with van der Waals surface area (Å²) in [6.07, 6.45) is 0. The fourth-order valence-corrected chi connectivity index (χ4v) is 4.71. The zero-order valence-corrected chi connectivity index (χ0v) is 17.0. The Morgan fingerprint density at radius 3 is 1.86 bits per heavy atom. The monoisotopic (exact) mass is 466 g/mol. The maximum atomic E-state index is 6.73. The van der Waals surface area contributed by atoms with Gasteiger partial charge in [-0.05, 0) is 6.07 Å². The van der Waals surface area contributed by atoms with E-state index in [-0.39, 0.29) is 20.4 Å². The van der Waals surface area contributed by atoms with Gasteiger partial charge in [0.15, 0.2) is 0 Å². The van der Waals surface area contributed by atoms with E-state index < -0.39 is 0 Å². The molecule has 0 fully saturated rings. The van der Waals surface area contributed by atoms with Crippen molar-refractivity contribution < 1.29 is 20.4 Å². The molecule has 4 aromatic rings. The van der Waals surface area contributed by atoms with Crippen LogP contribution in [0.5, 0.6) is 0 Å². The number of hydrogen-bond donors (Lipinski definition) is 0. The molecular formula is C26H13ClPd. The van der Waals surface area contributed by atoms with Crippen LogP contribution in [0.4, 0.5) is 0 Å². The van der Waals surface area contributed by atoms with Crippen molar-refractivity contribution in [1.29, 1.82) is 0 Å². The van der Waals surface area contributed by atoms with Gasteiger partial charge in [0, 0.05) is 5.02 Å². The molecule has 4 aromatic carbocycles. The third-order valence-corrected chi connectivity index (χ3v) is 5.82. The summed E-state index contributed by atoms with van der Waals surface area (Å²) in [5.41, 5.74) is 11.8. The van der Waals surface area contributed by atoms with E-state index in [0.717, 1.165) is 21.7 Å². The normalized spacial score (nSPS) is 15.3. The van der Waals surface area contributed by atoms with Gasteiger partial charge in [-0.2, -0.15) is 0 Å². The van der Waals surface area contributed by atoms with Crippen LogP contribution in [0, 0.1) is 12.1 Å². The van der Waals surface area contributed by atoms with E-state index in [1.165, 1.54) is 39.0 Å². The van der Waals surface area contributed by atoms with Crippen molar-refractivity contribution in [2.45, 2.75) is 0 Å². The summed E-state index contributed by atoms with van der Waals surface area (Å²) in [5.74, 6) is 0. The Labute approximate surface area is 183 Å². The minimum atomic E-state index is 0. The Balaban J connectivity index is 0.00000171. The molecule has 0 saturated heterocycles. The molecule has 0 aliphatic heterocycles. The van der Waals surface area contributed by atoms with Crippen LogP contribution < -0.4 is 0 Å². The summed E-state index contributed by atoms with van der Waals surface area (Å²) < 4.78 is 0. The minimum absolute atomic E-state index is 0. The Morgan fingerprint density at radius 1 is 0.536 bits per heavy atom. The second-order valence-corrected chi connectivity index (χ2v) is 7.28. The second-order valence-electron chi connectivity index (χ2n) is 6.88. The molecular weight excluding hydrogens is 454 g/mol. The molecule has 6 rings (SSSR count). The second kappa shape index (κ2) is 6.57. The van der Waals surface area contributed by atoms with E-state index in [1.54, 1.807) is 0 Å². The molecule has 0 N–H and O–H groups in total. The average molecular weight is 467 g/mol. The first-order valence-corrected chi connectivity index (χ1v) is 9.38. The van der Waals surface area contributed by atoms with Crippen molar-refractivity contribution in [3.63, 3.8) is 0 Å². The molecule has 28 heavy (non-hydrogen) atoms.